The van der Waals surface area contributed by atoms with Crippen molar-refractivity contribution < 1.29 is 23.9 Å². The fourth-order valence-corrected chi connectivity index (χ4v) is 7.72. The highest BCUT2D eigenvalue weighted by molar-refractivity contribution is 6.02. The Morgan fingerprint density at radius 2 is 1.90 bits per heavy atom. The van der Waals surface area contributed by atoms with Crippen LogP contribution in [0.15, 0.2) is 48.1 Å². The zero-order chi connectivity index (χ0) is 28.6. The molecule has 3 fully saturated rings. The molecule has 7 atom stereocenters. The maximum Gasteiger partial charge on any atom is 0.246 e. The number of nitrogens with one attached hydrogen (secondary N) is 2. The van der Waals surface area contributed by atoms with E-state index in [4.69, 9.17) is 9.47 Å². The molecule has 5 unspecified atom stereocenters. The summed E-state index contributed by atoms with van der Waals surface area (Å²) in [7, 11) is 0. The number of carbonyl (C=O) groups excluding carboxylic acids is 3. The van der Waals surface area contributed by atoms with E-state index < -0.39 is 29.6 Å². The smallest absolute Gasteiger partial charge is 0.246 e. The Morgan fingerprint density at radius 3 is 2.63 bits per heavy atom. The lowest BCUT2D eigenvalue weighted by Gasteiger charge is -2.36. The molecule has 2 bridgehead atoms. The van der Waals surface area contributed by atoms with Gasteiger partial charge in [0, 0.05) is 18.3 Å². The van der Waals surface area contributed by atoms with Crippen LogP contribution in [0.3, 0.4) is 0 Å². The van der Waals surface area contributed by atoms with Gasteiger partial charge >= 0.3 is 0 Å². The van der Waals surface area contributed by atoms with Crippen molar-refractivity contribution >= 4 is 23.4 Å². The monoisotopic (exact) mass is 561 g/mol. The van der Waals surface area contributed by atoms with Gasteiger partial charge in [0.05, 0.1) is 24.5 Å². The molecule has 1 aromatic rings. The number of nitrogens with zero attached hydrogens (tertiary/aromatic N) is 1. The van der Waals surface area contributed by atoms with E-state index >= 15 is 0 Å². The lowest BCUT2D eigenvalue weighted by Crippen LogP contribution is -2.57. The molecule has 5 aliphatic rings. The van der Waals surface area contributed by atoms with Crippen molar-refractivity contribution in [3.8, 4) is 5.75 Å². The number of allylic oxidation sites excluding steroid dienone is 1. The summed E-state index contributed by atoms with van der Waals surface area (Å²) in [6, 6.07) is 6.52. The molecule has 8 heteroatoms. The van der Waals surface area contributed by atoms with Crippen LogP contribution in [0.2, 0.25) is 0 Å². The molecule has 3 aliphatic heterocycles. The maximum absolute atomic E-state index is 14.2. The van der Waals surface area contributed by atoms with E-state index in [0.29, 0.717) is 24.8 Å². The van der Waals surface area contributed by atoms with Crippen LogP contribution in [0.4, 0.5) is 5.69 Å². The average Bonchev–Trinajstić information content (AvgIpc) is 3.62. The molecular formula is C33H43N3O5. The third kappa shape index (κ3) is 5.20. The highest BCUT2D eigenvalue weighted by atomic mass is 16.5. The van der Waals surface area contributed by atoms with E-state index in [1.54, 1.807) is 17.0 Å². The Bertz CT molecular complexity index is 1230. The average molecular weight is 562 g/mol. The summed E-state index contributed by atoms with van der Waals surface area (Å²) < 4.78 is 12.0. The first-order valence-corrected chi connectivity index (χ1v) is 15.6. The minimum absolute atomic E-state index is 0.0889. The number of anilines is 1. The van der Waals surface area contributed by atoms with Crippen molar-refractivity contribution in [2.24, 2.45) is 17.8 Å². The SMILES string of the molecule is CCOc1ccc(NC(=O)C2[C@H]3C=CC4(O3)C(C(=O)NC3CCCCC3C)N(CCC3=CCCCC3)C(=O)[C@@H]24)cc1. The standard InChI is InChI=1S/C33H43N3O5/c1-3-40-24-15-13-23(14-16-24)34-30(37)27-26-17-19-33(41-26)28(27)32(39)36(20-18-22-10-5-4-6-11-22)29(33)31(38)35-25-12-8-7-9-21(25)2/h10,13-17,19,21,25-29H,3-9,11-12,18,20H2,1-2H3,(H,34,37)(H,35,38)/t21?,25?,26-,27?,28-,29?,33?/m1/s1. The van der Waals surface area contributed by atoms with Crippen LogP contribution in [0, 0.1) is 17.8 Å². The van der Waals surface area contributed by atoms with Crippen LogP contribution in [0.25, 0.3) is 0 Å². The Balaban J connectivity index is 1.26. The predicted molar refractivity (Wildman–Crippen MR) is 156 cm³/mol. The molecule has 220 valence electrons. The summed E-state index contributed by atoms with van der Waals surface area (Å²) in [5.74, 6) is -0.899. The van der Waals surface area contributed by atoms with Gasteiger partial charge in [-0.25, -0.2) is 0 Å². The molecule has 2 aliphatic carbocycles. The summed E-state index contributed by atoms with van der Waals surface area (Å²) in [6.07, 6.45) is 15.1. The molecule has 0 radical (unpaired) electrons. The highest BCUT2D eigenvalue weighted by Crippen LogP contribution is 2.55. The number of likely N-dealkylation sites (tertiary alicyclic amines) is 1. The van der Waals surface area contributed by atoms with Crippen molar-refractivity contribution in [1.29, 1.82) is 0 Å². The van der Waals surface area contributed by atoms with Crippen LogP contribution in [-0.2, 0) is 19.1 Å². The number of rotatable bonds is 9. The molecule has 8 nitrogen and oxygen atoms in total. The molecule has 2 N–H and O–H groups in total. The normalized spacial score (nSPS) is 33.9. The van der Waals surface area contributed by atoms with Gasteiger partial charge < -0.3 is 25.0 Å². The fourth-order valence-electron chi connectivity index (χ4n) is 7.72. The van der Waals surface area contributed by atoms with E-state index in [-0.39, 0.29) is 23.8 Å². The highest BCUT2D eigenvalue weighted by Gasteiger charge is 2.72. The molecule has 41 heavy (non-hydrogen) atoms. The van der Waals surface area contributed by atoms with Gasteiger partial charge in [-0.05, 0) is 82.1 Å². The van der Waals surface area contributed by atoms with Crippen molar-refractivity contribution in [2.45, 2.75) is 95.4 Å². The number of fused-ring (bicyclic) bond motifs is 1. The molecule has 6 rings (SSSR count). The van der Waals surface area contributed by atoms with Crippen LogP contribution in [0.1, 0.15) is 71.6 Å². The lowest BCUT2D eigenvalue weighted by atomic mass is 9.74. The molecule has 1 saturated carbocycles. The first-order valence-electron chi connectivity index (χ1n) is 15.6. The third-order valence-electron chi connectivity index (χ3n) is 9.86. The second-order valence-corrected chi connectivity index (χ2v) is 12.4. The maximum atomic E-state index is 14.2. The number of benzene rings is 1. The third-order valence-corrected chi connectivity index (χ3v) is 9.86. The molecule has 2 saturated heterocycles. The second-order valence-electron chi connectivity index (χ2n) is 12.4. The molecular weight excluding hydrogens is 518 g/mol. The number of carbonyl (C=O) groups is 3. The summed E-state index contributed by atoms with van der Waals surface area (Å²) >= 11 is 0. The number of hydrogen-bond acceptors (Lipinski definition) is 5. The van der Waals surface area contributed by atoms with E-state index in [9.17, 15) is 14.4 Å². The summed E-state index contributed by atoms with van der Waals surface area (Å²) in [5, 5.41) is 6.31. The van der Waals surface area contributed by atoms with Crippen molar-refractivity contribution in [1.82, 2.24) is 10.2 Å². The zero-order valence-corrected chi connectivity index (χ0v) is 24.3. The minimum Gasteiger partial charge on any atom is -0.494 e. The molecule has 1 spiro atoms. The van der Waals surface area contributed by atoms with E-state index in [0.717, 1.165) is 50.7 Å². The zero-order valence-electron chi connectivity index (χ0n) is 24.3. The predicted octanol–water partition coefficient (Wildman–Crippen LogP) is 4.76. The van der Waals surface area contributed by atoms with E-state index in [2.05, 4.69) is 23.6 Å². The Morgan fingerprint density at radius 1 is 1.10 bits per heavy atom. The lowest BCUT2D eigenvalue weighted by molar-refractivity contribution is -0.141. The number of amides is 3. The summed E-state index contributed by atoms with van der Waals surface area (Å²) in [5.41, 5.74) is 0.849. The van der Waals surface area contributed by atoms with Crippen molar-refractivity contribution in [3.05, 3.63) is 48.1 Å². The largest absolute Gasteiger partial charge is 0.494 e. The van der Waals surface area contributed by atoms with E-state index in [1.165, 1.54) is 18.4 Å². The first kappa shape index (κ1) is 28.0. The van der Waals surface area contributed by atoms with Gasteiger partial charge in [-0.2, -0.15) is 0 Å². The van der Waals surface area contributed by atoms with Crippen LogP contribution in [-0.4, -0.2) is 59.6 Å². The molecule has 3 amide bonds. The van der Waals surface area contributed by atoms with Crippen LogP contribution < -0.4 is 15.4 Å². The summed E-state index contributed by atoms with van der Waals surface area (Å²) in [4.78, 5) is 43.8. The quantitative estimate of drug-likeness (QED) is 0.424. The fraction of sp³-hybridized carbons (Fsp3) is 0.606. The minimum atomic E-state index is -1.13. The Kier molecular flexibility index (Phi) is 7.94. The summed E-state index contributed by atoms with van der Waals surface area (Å²) in [6.45, 7) is 5.13. The molecule has 0 aromatic heterocycles. The van der Waals surface area contributed by atoms with Gasteiger partial charge in [0.1, 0.15) is 17.4 Å². The van der Waals surface area contributed by atoms with Gasteiger partial charge in [-0.3, -0.25) is 14.4 Å². The Labute approximate surface area is 242 Å². The van der Waals surface area contributed by atoms with Crippen LogP contribution in [0.5, 0.6) is 5.75 Å². The van der Waals surface area contributed by atoms with Gasteiger partial charge in [-0.15, -0.1) is 0 Å². The topological polar surface area (TPSA) is 97.0 Å². The molecule has 1 aromatic carbocycles. The van der Waals surface area contributed by atoms with Gasteiger partial charge in [-0.1, -0.05) is 43.6 Å². The van der Waals surface area contributed by atoms with Gasteiger partial charge in [0.15, 0.2) is 0 Å². The van der Waals surface area contributed by atoms with Crippen molar-refractivity contribution in [3.63, 3.8) is 0 Å². The number of ether oxygens (including phenoxy) is 2. The van der Waals surface area contributed by atoms with Crippen molar-refractivity contribution in [2.75, 3.05) is 18.5 Å². The van der Waals surface area contributed by atoms with Gasteiger partial charge in [0.25, 0.3) is 0 Å². The molecule has 3 heterocycles. The van der Waals surface area contributed by atoms with E-state index in [1.807, 2.05) is 31.2 Å². The second kappa shape index (κ2) is 11.6. The number of hydrogen-bond donors (Lipinski definition) is 2. The van der Waals surface area contributed by atoms with Crippen LogP contribution >= 0.6 is 0 Å². The first-order chi connectivity index (χ1) is 19.9. The Hall–Kier alpha value is -3.13. The van der Waals surface area contributed by atoms with Gasteiger partial charge in [0.2, 0.25) is 17.7 Å².